The van der Waals surface area contributed by atoms with Gasteiger partial charge in [-0.1, -0.05) is 12.1 Å². The lowest BCUT2D eigenvalue weighted by atomic mass is 10.7. The first-order chi connectivity index (χ1) is 3.50. The summed E-state index contributed by atoms with van der Waals surface area (Å²) in [6.45, 7) is 0. The van der Waals surface area contributed by atoms with Crippen molar-refractivity contribution < 1.29 is 4.48 Å². The number of rotatable bonds is 0. The smallest absolute Gasteiger partial charge is 0.00934 e. The van der Waals surface area contributed by atoms with Crippen molar-refractivity contribution in [3.8, 4) is 0 Å². The molecule has 7 heavy (non-hydrogen) atoms. The summed E-state index contributed by atoms with van der Waals surface area (Å²) in [4.78, 5) is 0. The Morgan fingerprint density at radius 1 is 1.14 bits per heavy atom. The minimum Gasteiger partial charge on any atom is -0.172 e. The predicted molar refractivity (Wildman–Crippen MR) is 29.6 cm³/mol. The molecule has 0 bridgehead atoms. The van der Waals surface area contributed by atoms with Crippen LogP contribution in [0.2, 0.25) is 0 Å². The lowest BCUT2D eigenvalue weighted by molar-refractivity contribution is 0.530. The van der Waals surface area contributed by atoms with E-state index in [0.29, 0.717) is 0 Å². The van der Waals surface area contributed by atoms with Crippen molar-refractivity contribution in [2.75, 3.05) is 0 Å². The molecule has 0 amide bonds. The van der Waals surface area contributed by atoms with Crippen LogP contribution in [0, 0.1) is 0 Å². The fourth-order valence-corrected chi connectivity index (χ4v) is 0.680. The summed E-state index contributed by atoms with van der Waals surface area (Å²) >= 11 is 1.71. The molecule has 0 aliphatic heterocycles. The first kappa shape index (κ1) is 6.59. The number of halogens is 1. The highest BCUT2D eigenvalue weighted by atomic mass is 32.1. The van der Waals surface area contributed by atoms with Crippen LogP contribution in [-0.2, 0) is 0 Å². The fourth-order valence-electron chi connectivity index (χ4n) is 0.227. The molecule has 2 N–H and O–H groups in total. The van der Waals surface area contributed by atoms with Gasteiger partial charge in [-0.3, -0.25) is 0 Å². The maximum atomic E-state index is 9.00. The third-order valence-corrected chi connectivity index (χ3v) is 1.05. The van der Waals surface area contributed by atoms with E-state index < -0.39 is 0 Å². The Morgan fingerprint density at radius 2 is 1.57 bits per heavy atom. The highest BCUT2D eigenvalue weighted by Gasteiger charge is 1.58. The van der Waals surface area contributed by atoms with Gasteiger partial charge in [-0.25, -0.2) is 0 Å². The fraction of sp³-hybridized carbons (Fsp3) is 0. The van der Waals surface area contributed by atoms with Gasteiger partial charge in [-0.15, -0.1) is 4.48 Å². The largest absolute Gasteiger partial charge is 0.172 e. The summed E-state index contributed by atoms with van der Waals surface area (Å²) in [6, 6.07) is 4.04. The minimum absolute atomic E-state index is 1.71. The van der Waals surface area contributed by atoms with E-state index in [1.807, 2.05) is 22.9 Å². The molecule has 0 spiro atoms. The molecule has 0 aliphatic carbocycles. The van der Waals surface area contributed by atoms with Crippen molar-refractivity contribution in [2.45, 2.75) is 0 Å². The number of hydrogen-bond donors (Lipinski definition) is 1. The average Bonchev–Trinajstić information content (AvgIpc) is 2.23. The summed E-state index contributed by atoms with van der Waals surface area (Å²) in [7, 11) is 0. The van der Waals surface area contributed by atoms with Crippen LogP contribution in [0.3, 0.4) is 0 Å². The van der Waals surface area contributed by atoms with Crippen molar-refractivity contribution in [1.82, 2.24) is 0 Å². The van der Waals surface area contributed by atoms with E-state index >= 15 is 0 Å². The highest BCUT2D eigenvalue weighted by Crippen LogP contribution is 1.91. The Kier molecular flexibility index (Phi) is 5.26. The van der Waals surface area contributed by atoms with E-state index in [9.17, 15) is 0 Å². The molecule has 0 radical (unpaired) electrons. The summed E-state index contributed by atoms with van der Waals surface area (Å²) < 4.78 is 9.00. The quantitative estimate of drug-likeness (QED) is 0.515. The first-order valence-electron chi connectivity index (χ1n) is 1.69. The Hall–Kier alpha value is -0.410. The van der Waals surface area contributed by atoms with E-state index in [2.05, 4.69) is 5.96 Å². The molecule has 1 heterocycles. The molecule has 0 aromatic carbocycles. The summed E-state index contributed by atoms with van der Waals surface area (Å²) in [6.07, 6.45) is 0. The molecular formula is C4H6FNS. The molecular weight excluding hydrogens is 113 g/mol. The Balaban J connectivity index is 0.000000162. The van der Waals surface area contributed by atoms with Gasteiger partial charge in [0.1, 0.15) is 0 Å². The standard InChI is InChI=1S/C4H4S.FH2N/c1-2-4-5-3-1;1-2/h1-4H;2H2. The van der Waals surface area contributed by atoms with Gasteiger partial charge in [0.2, 0.25) is 0 Å². The summed E-state index contributed by atoms with van der Waals surface area (Å²) in [5.74, 6) is 3.00. The third-order valence-electron chi connectivity index (χ3n) is 0.425. The van der Waals surface area contributed by atoms with E-state index in [4.69, 9.17) is 4.48 Å². The maximum Gasteiger partial charge on any atom is -0.00934 e. The van der Waals surface area contributed by atoms with Gasteiger partial charge in [-0.05, 0) is 10.8 Å². The zero-order chi connectivity index (χ0) is 5.54. The van der Waals surface area contributed by atoms with Crippen molar-refractivity contribution in [1.29, 1.82) is 0 Å². The molecule has 1 nitrogen and oxygen atoms in total. The second-order valence-corrected chi connectivity index (χ2v) is 1.61. The highest BCUT2D eigenvalue weighted by molar-refractivity contribution is 7.07. The van der Waals surface area contributed by atoms with Crippen LogP contribution in [0.25, 0.3) is 0 Å². The number of thiophene rings is 1. The van der Waals surface area contributed by atoms with Crippen LogP contribution in [0.1, 0.15) is 0 Å². The van der Waals surface area contributed by atoms with Crippen LogP contribution in [0.15, 0.2) is 22.9 Å². The van der Waals surface area contributed by atoms with Crippen LogP contribution in [0.5, 0.6) is 0 Å². The van der Waals surface area contributed by atoms with Crippen molar-refractivity contribution >= 4 is 11.3 Å². The molecule has 0 unspecified atom stereocenters. The molecule has 0 atom stereocenters. The summed E-state index contributed by atoms with van der Waals surface area (Å²) in [5, 5.41) is 4.08. The number of hydrogen-bond acceptors (Lipinski definition) is 2. The first-order valence-corrected chi connectivity index (χ1v) is 2.63. The van der Waals surface area contributed by atoms with Gasteiger partial charge in [0, 0.05) is 0 Å². The van der Waals surface area contributed by atoms with Gasteiger partial charge in [0.05, 0.1) is 0 Å². The van der Waals surface area contributed by atoms with E-state index in [1.54, 1.807) is 11.3 Å². The van der Waals surface area contributed by atoms with Gasteiger partial charge in [0.25, 0.3) is 0 Å². The lowest BCUT2D eigenvalue weighted by Gasteiger charge is -1.39. The predicted octanol–water partition coefficient (Wildman–Crippen LogP) is 1.58. The van der Waals surface area contributed by atoms with Crippen LogP contribution < -0.4 is 5.96 Å². The van der Waals surface area contributed by atoms with Gasteiger partial charge in [-0.2, -0.15) is 17.3 Å². The zero-order valence-electron chi connectivity index (χ0n) is 3.67. The van der Waals surface area contributed by atoms with Gasteiger partial charge >= 0.3 is 0 Å². The Bertz CT molecular complexity index is 68.2. The number of nitrogens with two attached hydrogens (primary N) is 1. The summed E-state index contributed by atoms with van der Waals surface area (Å²) in [5.41, 5.74) is 0. The normalized spacial score (nSPS) is 6.57. The molecule has 1 aromatic rings. The van der Waals surface area contributed by atoms with Crippen LogP contribution >= 0.6 is 11.3 Å². The monoisotopic (exact) mass is 119 g/mol. The van der Waals surface area contributed by atoms with E-state index in [0.717, 1.165) is 0 Å². The van der Waals surface area contributed by atoms with Crippen LogP contribution in [-0.4, -0.2) is 0 Å². The molecule has 40 valence electrons. The molecule has 0 fully saturated rings. The van der Waals surface area contributed by atoms with E-state index in [1.165, 1.54) is 0 Å². The van der Waals surface area contributed by atoms with Crippen molar-refractivity contribution in [3.05, 3.63) is 22.9 Å². The lowest BCUT2D eigenvalue weighted by Crippen LogP contribution is -1.53. The van der Waals surface area contributed by atoms with Crippen LogP contribution in [0.4, 0.5) is 4.48 Å². The molecule has 1 aromatic heterocycles. The third kappa shape index (κ3) is 3.42. The van der Waals surface area contributed by atoms with E-state index in [-0.39, 0.29) is 0 Å². The molecule has 3 heteroatoms. The van der Waals surface area contributed by atoms with Gasteiger partial charge < -0.3 is 0 Å². The average molecular weight is 119 g/mol. The second-order valence-electron chi connectivity index (χ2n) is 0.793. The molecule has 1 rings (SSSR count). The second kappa shape index (κ2) is 5.59. The Labute approximate surface area is 45.5 Å². The Morgan fingerprint density at radius 3 is 1.71 bits per heavy atom. The van der Waals surface area contributed by atoms with Crippen molar-refractivity contribution in [2.24, 2.45) is 5.96 Å². The zero-order valence-corrected chi connectivity index (χ0v) is 4.49. The van der Waals surface area contributed by atoms with Crippen molar-refractivity contribution in [3.63, 3.8) is 0 Å². The molecule has 0 saturated heterocycles. The maximum absolute atomic E-state index is 9.00. The molecule has 0 saturated carbocycles. The molecule has 0 aliphatic rings. The van der Waals surface area contributed by atoms with Gasteiger partial charge in [0.15, 0.2) is 0 Å². The SMILES string of the molecule is NF.c1ccsc1. The topological polar surface area (TPSA) is 26.0 Å². The minimum atomic E-state index is 1.71.